The minimum absolute atomic E-state index is 0.212. The minimum atomic E-state index is -0.836. The average molecular weight is 312 g/mol. The van der Waals surface area contributed by atoms with Crippen LogP contribution in [0.3, 0.4) is 0 Å². The molecule has 116 valence electrons. The molecule has 0 spiro atoms. The lowest BCUT2D eigenvalue weighted by atomic mass is 10.2. The smallest absolute Gasteiger partial charge is 0.396 e. The Hall–Kier alpha value is -1.55. The Morgan fingerprint density at radius 3 is 2.57 bits per heavy atom. The van der Waals surface area contributed by atoms with E-state index in [0.29, 0.717) is 11.6 Å². The van der Waals surface area contributed by atoms with Crippen molar-refractivity contribution in [2.75, 3.05) is 6.61 Å². The number of hydrogen-bond donors (Lipinski definition) is 1. The van der Waals surface area contributed by atoms with Crippen LogP contribution in [0.15, 0.2) is 24.3 Å². The molecule has 21 heavy (non-hydrogen) atoms. The SMILES string of the molecule is CCCCCCCOC(=O)C(=O)NCc1ccccc1Cl. The zero-order valence-corrected chi connectivity index (χ0v) is 13.1. The quantitative estimate of drug-likeness (QED) is 0.454. The maximum Gasteiger partial charge on any atom is 0.396 e. The predicted octanol–water partition coefficient (Wildman–Crippen LogP) is 3.47. The summed E-state index contributed by atoms with van der Waals surface area (Å²) in [6.45, 7) is 2.65. The molecule has 0 radical (unpaired) electrons. The van der Waals surface area contributed by atoms with Crippen LogP contribution in [0.25, 0.3) is 0 Å². The minimum Gasteiger partial charge on any atom is -0.459 e. The van der Waals surface area contributed by atoms with E-state index in [1.54, 1.807) is 18.2 Å². The van der Waals surface area contributed by atoms with Crippen molar-refractivity contribution < 1.29 is 14.3 Å². The summed E-state index contributed by atoms with van der Waals surface area (Å²) in [6.07, 6.45) is 5.30. The van der Waals surface area contributed by atoms with Gasteiger partial charge in [0.2, 0.25) is 0 Å². The van der Waals surface area contributed by atoms with Gasteiger partial charge in [0.25, 0.3) is 0 Å². The number of hydrogen-bond acceptors (Lipinski definition) is 3. The number of halogens is 1. The fraction of sp³-hybridized carbons (Fsp3) is 0.500. The van der Waals surface area contributed by atoms with Crippen LogP contribution in [-0.4, -0.2) is 18.5 Å². The second kappa shape index (κ2) is 10.2. The highest BCUT2D eigenvalue weighted by atomic mass is 35.5. The van der Waals surface area contributed by atoms with Gasteiger partial charge >= 0.3 is 11.9 Å². The first-order chi connectivity index (χ1) is 10.1. The van der Waals surface area contributed by atoms with Crippen LogP contribution in [-0.2, 0) is 20.9 Å². The van der Waals surface area contributed by atoms with Crippen molar-refractivity contribution in [3.05, 3.63) is 34.9 Å². The van der Waals surface area contributed by atoms with Crippen molar-refractivity contribution in [2.24, 2.45) is 0 Å². The van der Waals surface area contributed by atoms with Crippen LogP contribution in [0.2, 0.25) is 5.02 Å². The van der Waals surface area contributed by atoms with E-state index in [0.717, 1.165) is 24.8 Å². The van der Waals surface area contributed by atoms with Crippen molar-refractivity contribution in [3.8, 4) is 0 Å². The standard InChI is InChI=1S/C16H22ClNO3/c1-2-3-4-5-8-11-21-16(20)15(19)18-12-13-9-6-7-10-14(13)17/h6-7,9-10H,2-5,8,11-12H2,1H3,(H,18,19). The van der Waals surface area contributed by atoms with Gasteiger partial charge in [0, 0.05) is 11.6 Å². The Bertz CT molecular complexity index is 463. The number of nitrogens with one attached hydrogen (secondary N) is 1. The monoisotopic (exact) mass is 311 g/mol. The van der Waals surface area contributed by atoms with E-state index in [1.165, 1.54) is 12.8 Å². The normalized spacial score (nSPS) is 10.2. The molecule has 5 heteroatoms. The largest absolute Gasteiger partial charge is 0.459 e. The third-order valence-electron chi connectivity index (χ3n) is 3.06. The molecule has 0 unspecified atom stereocenters. The zero-order valence-electron chi connectivity index (χ0n) is 12.4. The van der Waals surface area contributed by atoms with Gasteiger partial charge in [0.1, 0.15) is 0 Å². The topological polar surface area (TPSA) is 55.4 Å². The summed E-state index contributed by atoms with van der Waals surface area (Å²) in [5.41, 5.74) is 0.764. The first-order valence-electron chi connectivity index (χ1n) is 7.33. The van der Waals surface area contributed by atoms with E-state index in [9.17, 15) is 9.59 Å². The molecule has 0 heterocycles. The van der Waals surface area contributed by atoms with Crippen LogP contribution >= 0.6 is 11.6 Å². The molecular formula is C16H22ClNO3. The van der Waals surface area contributed by atoms with Crippen molar-refractivity contribution in [3.63, 3.8) is 0 Å². The van der Waals surface area contributed by atoms with E-state index >= 15 is 0 Å². The zero-order chi connectivity index (χ0) is 15.5. The van der Waals surface area contributed by atoms with Crippen molar-refractivity contribution in [2.45, 2.75) is 45.6 Å². The van der Waals surface area contributed by atoms with Gasteiger partial charge in [0.05, 0.1) is 6.61 Å². The molecule has 0 saturated heterocycles. The number of rotatable bonds is 8. The number of benzene rings is 1. The molecular weight excluding hydrogens is 290 g/mol. The Balaban J connectivity index is 2.20. The van der Waals surface area contributed by atoms with E-state index in [-0.39, 0.29) is 6.54 Å². The molecule has 0 aliphatic heterocycles. The first-order valence-corrected chi connectivity index (χ1v) is 7.71. The maximum absolute atomic E-state index is 11.6. The van der Waals surface area contributed by atoms with Gasteiger partial charge in [-0.3, -0.25) is 4.79 Å². The van der Waals surface area contributed by atoms with Gasteiger partial charge < -0.3 is 10.1 Å². The average Bonchev–Trinajstić information content (AvgIpc) is 2.49. The predicted molar refractivity (Wildman–Crippen MR) is 83.0 cm³/mol. The molecule has 1 aromatic carbocycles. The molecule has 0 saturated carbocycles. The Kier molecular flexibility index (Phi) is 8.51. The Labute approximate surface area is 130 Å². The van der Waals surface area contributed by atoms with E-state index in [1.807, 2.05) is 6.07 Å². The van der Waals surface area contributed by atoms with Gasteiger partial charge in [-0.2, -0.15) is 0 Å². The molecule has 0 aromatic heterocycles. The van der Waals surface area contributed by atoms with Crippen molar-refractivity contribution in [1.29, 1.82) is 0 Å². The van der Waals surface area contributed by atoms with Gasteiger partial charge in [-0.1, -0.05) is 62.4 Å². The molecule has 0 bridgehead atoms. The highest BCUT2D eigenvalue weighted by Crippen LogP contribution is 2.14. The Morgan fingerprint density at radius 1 is 1.14 bits per heavy atom. The van der Waals surface area contributed by atoms with Crippen LogP contribution in [0.5, 0.6) is 0 Å². The Morgan fingerprint density at radius 2 is 1.86 bits per heavy atom. The van der Waals surface area contributed by atoms with Crippen molar-refractivity contribution >= 4 is 23.5 Å². The summed E-state index contributed by atoms with van der Waals surface area (Å²) in [5.74, 6) is -1.57. The third kappa shape index (κ3) is 7.14. The first kappa shape index (κ1) is 17.5. The van der Waals surface area contributed by atoms with Gasteiger partial charge in [-0.25, -0.2) is 4.79 Å². The molecule has 1 aromatic rings. The van der Waals surface area contributed by atoms with Crippen LogP contribution < -0.4 is 5.32 Å². The van der Waals surface area contributed by atoms with Gasteiger partial charge in [-0.15, -0.1) is 0 Å². The van der Waals surface area contributed by atoms with Crippen LogP contribution in [0, 0.1) is 0 Å². The molecule has 1 N–H and O–H groups in total. The molecule has 0 fully saturated rings. The van der Waals surface area contributed by atoms with E-state index in [4.69, 9.17) is 16.3 Å². The number of carbonyl (C=O) groups is 2. The van der Waals surface area contributed by atoms with Crippen molar-refractivity contribution in [1.82, 2.24) is 5.32 Å². The molecule has 1 amide bonds. The van der Waals surface area contributed by atoms with Crippen LogP contribution in [0.4, 0.5) is 0 Å². The number of esters is 1. The maximum atomic E-state index is 11.6. The lowest BCUT2D eigenvalue weighted by Crippen LogP contribution is -2.32. The lowest BCUT2D eigenvalue weighted by Gasteiger charge is -2.07. The number of ether oxygens (including phenoxy) is 1. The second-order valence-electron chi connectivity index (χ2n) is 4.82. The number of carbonyl (C=O) groups excluding carboxylic acids is 2. The summed E-state index contributed by atoms with van der Waals surface area (Å²) >= 11 is 5.96. The molecule has 0 atom stereocenters. The van der Waals surface area contributed by atoms with E-state index < -0.39 is 11.9 Å². The molecule has 1 rings (SSSR count). The fourth-order valence-corrected chi connectivity index (χ4v) is 2.03. The summed E-state index contributed by atoms with van der Waals surface area (Å²) < 4.78 is 4.92. The lowest BCUT2D eigenvalue weighted by molar-refractivity contribution is -0.155. The highest BCUT2D eigenvalue weighted by Gasteiger charge is 2.14. The molecule has 0 aliphatic carbocycles. The second-order valence-corrected chi connectivity index (χ2v) is 5.23. The highest BCUT2D eigenvalue weighted by molar-refractivity contribution is 6.33. The summed E-state index contributed by atoms with van der Waals surface area (Å²) in [7, 11) is 0. The fourth-order valence-electron chi connectivity index (χ4n) is 1.83. The number of amides is 1. The summed E-state index contributed by atoms with van der Waals surface area (Å²) in [5, 5.41) is 3.06. The molecule has 0 aliphatic rings. The number of unbranched alkanes of at least 4 members (excludes halogenated alkanes) is 4. The summed E-state index contributed by atoms with van der Waals surface area (Å²) in [6, 6.07) is 7.15. The molecule has 4 nitrogen and oxygen atoms in total. The van der Waals surface area contributed by atoms with Gasteiger partial charge in [-0.05, 0) is 18.1 Å². The van der Waals surface area contributed by atoms with Gasteiger partial charge in [0.15, 0.2) is 0 Å². The van der Waals surface area contributed by atoms with Crippen LogP contribution in [0.1, 0.15) is 44.6 Å². The summed E-state index contributed by atoms with van der Waals surface area (Å²) in [4.78, 5) is 23.0. The van der Waals surface area contributed by atoms with E-state index in [2.05, 4.69) is 12.2 Å². The third-order valence-corrected chi connectivity index (χ3v) is 3.43.